The number of amides is 1. The van der Waals surface area contributed by atoms with Crippen molar-refractivity contribution in [3.8, 4) is 0 Å². The van der Waals surface area contributed by atoms with Crippen molar-refractivity contribution in [3.05, 3.63) is 35.4 Å². The van der Waals surface area contributed by atoms with Crippen molar-refractivity contribution in [1.82, 2.24) is 10.2 Å². The molecule has 1 N–H and O–H groups in total. The number of aryl methyl sites for hydroxylation is 1. The maximum atomic E-state index is 12.4. The topological polar surface area (TPSA) is 32.3 Å². The van der Waals surface area contributed by atoms with Gasteiger partial charge in [-0.1, -0.05) is 29.8 Å². The molecule has 0 aromatic heterocycles. The third kappa shape index (κ3) is 3.83. The van der Waals surface area contributed by atoms with E-state index in [0.29, 0.717) is 18.5 Å². The Morgan fingerprint density at radius 3 is 2.60 bits per heavy atom. The highest BCUT2D eigenvalue weighted by atomic mass is 16.2. The van der Waals surface area contributed by atoms with Crippen LogP contribution in [0.1, 0.15) is 36.8 Å². The SMILES string of the molecule is CNC1CCC(N(C)C(=O)Cc2cccc(C)c2)CC1. The Labute approximate surface area is 122 Å². The minimum absolute atomic E-state index is 0.239. The average molecular weight is 274 g/mol. The highest BCUT2D eigenvalue weighted by Crippen LogP contribution is 2.22. The van der Waals surface area contributed by atoms with E-state index in [4.69, 9.17) is 0 Å². The van der Waals surface area contributed by atoms with Gasteiger partial charge in [0.25, 0.3) is 0 Å². The highest BCUT2D eigenvalue weighted by molar-refractivity contribution is 5.78. The Hall–Kier alpha value is -1.35. The van der Waals surface area contributed by atoms with Crippen LogP contribution >= 0.6 is 0 Å². The van der Waals surface area contributed by atoms with E-state index >= 15 is 0 Å². The molecule has 0 atom stereocenters. The van der Waals surface area contributed by atoms with Crippen molar-refractivity contribution in [1.29, 1.82) is 0 Å². The van der Waals surface area contributed by atoms with Crippen LogP contribution in [0.3, 0.4) is 0 Å². The summed E-state index contributed by atoms with van der Waals surface area (Å²) in [6.45, 7) is 2.07. The molecule has 0 aliphatic heterocycles. The summed E-state index contributed by atoms with van der Waals surface area (Å²) in [5, 5.41) is 3.34. The summed E-state index contributed by atoms with van der Waals surface area (Å²) in [7, 11) is 3.99. The molecule has 0 radical (unpaired) electrons. The third-order valence-corrected chi connectivity index (χ3v) is 4.48. The van der Waals surface area contributed by atoms with E-state index in [1.165, 1.54) is 18.4 Å². The summed E-state index contributed by atoms with van der Waals surface area (Å²) in [6, 6.07) is 9.27. The van der Waals surface area contributed by atoms with Crippen molar-refractivity contribution < 1.29 is 4.79 Å². The molecule has 20 heavy (non-hydrogen) atoms. The minimum atomic E-state index is 0.239. The maximum Gasteiger partial charge on any atom is 0.226 e. The van der Waals surface area contributed by atoms with Gasteiger partial charge in [0.2, 0.25) is 5.91 Å². The molecule has 1 fully saturated rings. The fourth-order valence-corrected chi connectivity index (χ4v) is 3.08. The molecule has 0 unspecified atom stereocenters. The summed E-state index contributed by atoms with van der Waals surface area (Å²) in [6.07, 6.45) is 5.08. The number of hydrogen-bond acceptors (Lipinski definition) is 2. The predicted octanol–water partition coefficient (Wildman–Crippen LogP) is 2.53. The molecule has 1 saturated carbocycles. The Bertz CT molecular complexity index is 450. The lowest BCUT2D eigenvalue weighted by Gasteiger charge is -2.34. The number of nitrogens with one attached hydrogen (secondary N) is 1. The molecule has 1 aromatic rings. The number of likely N-dealkylation sites (N-methyl/N-ethyl adjacent to an activating group) is 1. The predicted molar refractivity (Wildman–Crippen MR) is 82.8 cm³/mol. The van der Waals surface area contributed by atoms with Crippen LogP contribution in [0.25, 0.3) is 0 Å². The number of hydrogen-bond donors (Lipinski definition) is 1. The van der Waals surface area contributed by atoms with E-state index in [0.717, 1.165) is 18.4 Å². The molecule has 0 heterocycles. The van der Waals surface area contributed by atoms with E-state index in [-0.39, 0.29) is 5.91 Å². The number of rotatable bonds is 4. The van der Waals surface area contributed by atoms with E-state index < -0.39 is 0 Å². The Balaban J connectivity index is 1.89. The normalized spacial score (nSPS) is 22.6. The molecular weight excluding hydrogens is 248 g/mol. The highest BCUT2D eigenvalue weighted by Gasteiger charge is 2.25. The number of benzene rings is 1. The van der Waals surface area contributed by atoms with Crippen LogP contribution in [0, 0.1) is 6.92 Å². The van der Waals surface area contributed by atoms with Crippen LogP contribution < -0.4 is 5.32 Å². The van der Waals surface area contributed by atoms with Crippen LogP contribution in [0.15, 0.2) is 24.3 Å². The van der Waals surface area contributed by atoms with Crippen LogP contribution in [-0.2, 0) is 11.2 Å². The fraction of sp³-hybridized carbons (Fsp3) is 0.588. The zero-order chi connectivity index (χ0) is 14.5. The molecule has 1 aromatic carbocycles. The first-order chi connectivity index (χ1) is 9.60. The van der Waals surface area contributed by atoms with Gasteiger partial charge in [-0.15, -0.1) is 0 Å². The van der Waals surface area contributed by atoms with E-state index in [1.54, 1.807) is 0 Å². The minimum Gasteiger partial charge on any atom is -0.342 e. The quantitative estimate of drug-likeness (QED) is 0.915. The van der Waals surface area contributed by atoms with Gasteiger partial charge in [0.15, 0.2) is 0 Å². The Kier molecular flexibility index (Phi) is 5.18. The first-order valence-electron chi connectivity index (χ1n) is 7.58. The zero-order valence-electron chi connectivity index (χ0n) is 12.9. The van der Waals surface area contributed by atoms with Gasteiger partial charge >= 0.3 is 0 Å². The lowest BCUT2D eigenvalue weighted by atomic mass is 9.90. The summed E-state index contributed by atoms with van der Waals surface area (Å²) in [4.78, 5) is 14.4. The lowest BCUT2D eigenvalue weighted by Crippen LogP contribution is -2.43. The standard InChI is InChI=1S/C17H26N2O/c1-13-5-4-6-14(11-13)12-17(20)19(3)16-9-7-15(18-2)8-10-16/h4-6,11,15-16,18H,7-10,12H2,1-3H3. The number of carbonyl (C=O) groups is 1. The van der Waals surface area contributed by atoms with Crippen LogP contribution in [0.2, 0.25) is 0 Å². The second-order valence-electron chi connectivity index (χ2n) is 5.96. The Morgan fingerprint density at radius 1 is 1.30 bits per heavy atom. The van der Waals surface area contributed by atoms with Gasteiger partial charge < -0.3 is 10.2 Å². The molecule has 3 heteroatoms. The van der Waals surface area contributed by atoms with Gasteiger partial charge in [-0.05, 0) is 45.2 Å². The second kappa shape index (κ2) is 6.89. The molecule has 0 spiro atoms. The molecule has 0 bridgehead atoms. The van der Waals surface area contributed by atoms with Crippen molar-refractivity contribution in [2.45, 2.75) is 51.1 Å². The monoisotopic (exact) mass is 274 g/mol. The summed E-state index contributed by atoms with van der Waals surface area (Å²) in [5.74, 6) is 0.239. The fourth-order valence-electron chi connectivity index (χ4n) is 3.08. The summed E-state index contributed by atoms with van der Waals surface area (Å²) >= 11 is 0. The Morgan fingerprint density at radius 2 is 2.00 bits per heavy atom. The van der Waals surface area contributed by atoms with Crippen LogP contribution in [-0.4, -0.2) is 37.0 Å². The maximum absolute atomic E-state index is 12.4. The smallest absolute Gasteiger partial charge is 0.226 e. The van der Waals surface area contributed by atoms with E-state index in [9.17, 15) is 4.79 Å². The van der Waals surface area contributed by atoms with Crippen molar-refractivity contribution in [2.24, 2.45) is 0 Å². The molecule has 0 saturated heterocycles. The molecule has 110 valence electrons. The average Bonchev–Trinajstić information content (AvgIpc) is 2.46. The zero-order valence-corrected chi connectivity index (χ0v) is 12.9. The number of carbonyl (C=O) groups excluding carboxylic acids is 1. The molecule has 2 rings (SSSR count). The molecule has 3 nitrogen and oxygen atoms in total. The van der Waals surface area contributed by atoms with Crippen molar-refractivity contribution >= 4 is 5.91 Å². The van der Waals surface area contributed by atoms with Gasteiger partial charge in [-0.25, -0.2) is 0 Å². The van der Waals surface area contributed by atoms with Gasteiger partial charge in [0, 0.05) is 19.1 Å². The van der Waals surface area contributed by atoms with Gasteiger partial charge in [0.05, 0.1) is 6.42 Å². The number of nitrogens with zero attached hydrogens (tertiary/aromatic N) is 1. The van der Waals surface area contributed by atoms with Gasteiger partial charge in [-0.3, -0.25) is 4.79 Å². The summed E-state index contributed by atoms with van der Waals surface area (Å²) < 4.78 is 0. The van der Waals surface area contributed by atoms with Gasteiger partial charge in [-0.2, -0.15) is 0 Å². The second-order valence-corrected chi connectivity index (χ2v) is 5.96. The molecular formula is C17H26N2O. The molecule has 1 aliphatic rings. The first-order valence-corrected chi connectivity index (χ1v) is 7.58. The third-order valence-electron chi connectivity index (χ3n) is 4.48. The summed E-state index contributed by atoms with van der Waals surface area (Å²) in [5.41, 5.74) is 2.33. The lowest BCUT2D eigenvalue weighted by molar-refractivity contribution is -0.131. The molecule has 1 aliphatic carbocycles. The first kappa shape index (κ1) is 15.0. The van der Waals surface area contributed by atoms with Crippen LogP contribution in [0.5, 0.6) is 0 Å². The van der Waals surface area contributed by atoms with E-state index in [1.807, 2.05) is 31.1 Å². The largest absolute Gasteiger partial charge is 0.342 e. The van der Waals surface area contributed by atoms with E-state index in [2.05, 4.69) is 24.4 Å². The van der Waals surface area contributed by atoms with Crippen LogP contribution in [0.4, 0.5) is 0 Å². The molecule has 1 amide bonds. The van der Waals surface area contributed by atoms with Gasteiger partial charge in [0.1, 0.15) is 0 Å². The van der Waals surface area contributed by atoms with Crippen molar-refractivity contribution in [2.75, 3.05) is 14.1 Å². The van der Waals surface area contributed by atoms with Crippen molar-refractivity contribution in [3.63, 3.8) is 0 Å².